The maximum Gasteiger partial charge on any atom is 0.255 e. The number of carbonyl (C=O) groups excluding carboxylic acids is 3. The van der Waals surface area contributed by atoms with E-state index in [0.29, 0.717) is 25.1 Å². The number of imide groups is 1. The molecule has 3 atom stereocenters. The van der Waals surface area contributed by atoms with Crippen LogP contribution < -0.4 is 16.0 Å². The van der Waals surface area contributed by atoms with Gasteiger partial charge in [0.2, 0.25) is 11.8 Å². The van der Waals surface area contributed by atoms with Crippen LogP contribution in [0.3, 0.4) is 0 Å². The van der Waals surface area contributed by atoms with Gasteiger partial charge < -0.3 is 20.6 Å². The third-order valence-electron chi connectivity index (χ3n) is 5.70. The monoisotopic (exact) mass is 372 g/mol. The molecule has 144 valence electrons. The summed E-state index contributed by atoms with van der Waals surface area (Å²) in [5, 5.41) is 18.3. The summed E-state index contributed by atoms with van der Waals surface area (Å²) in [6.45, 7) is 1.96. The van der Waals surface area contributed by atoms with Crippen molar-refractivity contribution in [3.05, 3.63) is 34.9 Å². The van der Waals surface area contributed by atoms with E-state index in [0.717, 1.165) is 24.1 Å². The molecular formula is C19H24N4O4. The second-order valence-corrected chi connectivity index (χ2v) is 7.44. The molecule has 3 heterocycles. The van der Waals surface area contributed by atoms with Gasteiger partial charge in [0, 0.05) is 43.7 Å². The molecule has 1 aromatic carbocycles. The number of carbonyl (C=O) groups is 3. The molecule has 0 saturated carbocycles. The molecule has 8 heteroatoms. The summed E-state index contributed by atoms with van der Waals surface area (Å²) in [7, 11) is 0. The minimum absolute atomic E-state index is 0.133. The number of hydrogen-bond donors (Lipinski definition) is 4. The molecule has 3 amide bonds. The number of benzene rings is 1. The number of nitrogens with zero attached hydrogens (tertiary/aromatic N) is 1. The van der Waals surface area contributed by atoms with Crippen LogP contribution in [0.25, 0.3) is 0 Å². The van der Waals surface area contributed by atoms with Crippen molar-refractivity contribution >= 4 is 17.7 Å². The Kier molecular flexibility index (Phi) is 4.94. The number of piperidine rings is 1. The number of hydrogen-bond acceptors (Lipinski definition) is 6. The van der Waals surface area contributed by atoms with Crippen molar-refractivity contribution in [3.8, 4) is 0 Å². The molecule has 0 radical (unpaired) electrons. The predicted octanol–water partition coefficient (Wildman–Crippen LogP) is -0.740. The number of amides is 3. The van der Waals surface area contributed by atoms with Gasteiger partial charge in [-0.1, -0.05) is 12.1 Å². The van der Waals surface area contributed by atoms with Gasteiger partial charge >= 0.3 is 0 Å². The van der Waals surface area contributed by atoms with Gasteiger partial charge in [-0.3, -0.25) is 19.7 Å². The van der Waals surface area contributed by atoms with Crippen molar-refractivity contribution in [3.63, 3.8) is 0 Å². The highest BCUT2D eigenvalue weighted by atomic mass is 16.3. The van der Waals surface area contributed by atoms with E-state index in [1.807, 2.05) is 12.1 Å². The second-order valence-electron chi connectivity index (χ2n) is 7.44. The van der Waals surface area contributed by atoms with Crippen LogP contribution in [0.1, 0.15) is 40.7 Å². The summed E-state index contributed by atoms with van der Waals surface area (Å²) in [5.74, 6) is -0.819. The Morgan fingerprint density at radius 1 is 1.26 bits per heavy atom. The van der Waals surface area contributed by atoms with E-state index >= 15 is 0 Å². The smallest absolute Gasteiger partial charge is 0.255 e. The fourth-order valence-electron chi connectivity index (χ4n) is 4.18. The van der Waals surface area contributed by atoms with E-state index in [4.69, 9.17) is 0 Å². The number of nitrogens with one attached hydrogen (secondary N) is 3. The average Bonchev–Trinajstić information content (AvgIpc) is 3.25. The Hall–Kier alpha value is -2.29. The summed E-state index contributed by atoms with van der Waals surface area (Å²) >= 11 is 0. The zero-order valence-corrected chi connectivity index (χ0v) is 15.0. The zero-order valence-electron chi connectivity index (χ0n) is 15.0. The van der Waals surface area contributed by atoms with Crippen LogP contribution in [0.4, 0.5) is 0 Å². The van der Waals surface area contributed by atoms with Gasteiger partial charge in [-0.25, -0.2) is 0 Å². The molecule has 3 aliphatic heterocycles. The lowest BCUT2D eigenvalue weighted by Crippen LogP contribution is -2.52. The number of rotatable bonds is 5. The van der Waals surface area contributed by atoms with Crippen LogP contribution in [0.15, 0.2) is 18.2 Å². The Balaban J connectivity index is 1.46. The highest BCUT2D eigenvalue weighted by Crippen LogP contribution is 2.29. The van der Waals surface area contributed by atoms with Gasteiger partial charge in [-0.15, -0.1) is 0 Å². The lowest BCUT2D eigenvalue weighted by molar-refractivity contribution is -0.136. The fourth-order valence-corrected chi connectivity index (χ4v) is 4.18. The number of aliphatic hydroxyl groups excluding tert-OH is 1. The molecule has 0 bridgehead atoms. The first-order chi connectivity index (χ1) is 13.1. The van der Waals surface area contributed by atoms with Gasteiger partial charge in [-0.2, -0.15) is 0 Å². The van der Waals surface area contributed by atoms with Gasteiger partial charge in [0.15, 0.2) is 0 Å². The summed E-state index contributed by atoms with van der Waals surface area (Å²) in [6.07, 6.45) is 1.49. The normalized spacial score (nSPS) is 27.8. The van der Waals surface area contributed by atoms with E-state index in [1.165, 1.54) is 0 Å². The van der Waals surface area contributed by atoms with Crippen molar-refractivity contribution in [1.29, 1.82) is 0 Å². The van der Waals surface area contributed by atoms with Gasteiger partial charge in [0.25, 0.3) is 5.91 Å². The van der Waals surface area contributed by atoms with E-state index in [9.17, 15) is 19.5 Å². The first-order valence-electron chi connectivity index (χ1n) is 9.40. The Bertz CT molecular complexity index is 781. The molecule has 27 heavy (non-hydrogen) atoms. The molecule has 4 rings (SSSR count). The van der Waals surface area contributed by atoms with Crippen LogP contribution in [-0.4, -0.2) is 59.0 Å². The minimum Gasteiger partial charge on any atom is -0.395 e. The van der Waals surface area contributed by atoms with Gasteiger partial charge in [0.05, 0.1) is 6.61 Å². The van der Waals surface area contributed by atoms with Crippen molar-refractivity contribution in [2.45, 2.75) is 50.5 Å². The summed E-state index contributed by atoms with van der Waals surface area (Å²) < 4.78 is 0. The van der Waals surface area contributed by atoms with Crippen LogP contribution >= 0.6 is 0 Å². The van der Waals surface area contributed by atoms with Gasteiger partial charge in [-0.05, 0) is 30.0 Å². The molecule has 3 aliphatic rings. The summed E-state index contributed by atoms with van der Waals surface area (Å²) in [5.41, 5.74) is 2.63. The zero-order chi connectivity index (χ0) is 19.0. The Labute approximate surface area is 157 Å². The third kappa shape index (κ3) is 3.47. The maximum absolute atomic E-state index is 12.8. The number of aliphatic hydroxyl groups is 1. The molecule has 0 spiro atoms. The highest BCUT2D eigenvalue weighted by Gasteiger charge is 2.39. The average molecular weight is 372 g/mol. The maximum atomic E-state index is 12.8. The second kappa shape index (κ2) is 7.38. The van der Waals surface area contributed by atoms with Crippen molar-refractivity contribution in [2.24, 2.45) is 0 Å². The van der Waals surface area contributed by atoms with E-state index < -0.39 is 6.04 Å². The Morgan fingerprint density at radius 3 is 2.85 bits per heavy atom. The van der Waals surface area contributed by atoms with Gasteiger partial charge in [0.1, 0.15) is 6.04 Å². The highest BCUT2D eigenvalue weighted by molar-refractivity contribution is 6.05. The van der Waals surface area contributed by atoms with E-state index in [-0.39, 0.29) is 42.8 Å². The topological polar surface area (TPSA) is 111 Å². The van der Waals surface area contributed by atoms with E-state index in [2.05, 4.69) is 16.0 Å². The lowest BCUT2D eigenvalue weighted by Gasteiger charge is -2.29. The largest absolute Gasteiger partial charge is 0.395 e. The van der Waals surface area contributed by atoms with Crippen LogP contribution in [0, 0.1) is 0 Å². The SMILES string of the molecule is O=C1CCC(N2Cc3c(CN[C@H]4CN[C@@H](CO)C4)cccc3C2=O)C(=O)N1. The first kappa shape index (κ1) is 18.1. The predicted molar refractivity (Wildman–Crippen MR) is 96.6 cm³/mol. The molecule has 1 aromatic rings. The summed E-state index contributed by atoms with van der Waals surface area (Å²) in [4.78, 5) is 37.9. The fraction of sp³-hybridized carbons (Fsp3) is 0.526. The van der Waals surface area contributed by atoms with Crippen LogP contribution in [0.2, 0.25) is 0 Å². The molecule has 0 aromatic heterocycles. The molecular weight excluding hydrogens is 348 g/mol. The van der Waals surface area contributed by atoms with Crippen molar-refractivity contribution in [1.82, 2.24) is 20.9 Å². The third-order valence-corrected chi connectivity index (χ3v) is 5.70. The summed E-state index contributed by atoms with van der Waals surface area (Å²) in [6, 6.07) is 5.48. The molecule has 2 fully saturated rings. The Morgan fingerprint density at radius 2 is 2.11 bits per heavy atom. The molecule has 2 saturated heterocycles. The first-order valence-corrected chi connectivity index (χ1v) is 9.40. The number of fused-ring (bicyclic) bond motifs is 1. The lowest BCUT2D eigenvalue weighted by atomic mass is 10.0. The molecule has 8 nitrogen and oxygen atoms in total. The van der Waals surface area contributed by atoms with Crippen molar-refractivity contribution < 1.29 is 19.5 Å². The van der Waals surface area contributed by atoms with E-state index in [1.54, 1.807) is 11.0 Å². The molecule has 4 N–H and O–H groups in total. The molecule has 0 aliphatic carbocycles. The quantitative estimate of drug-likeness (QED) is 0.507. The standard InChI is InChI=1S/C19H24N4O4/c24-10-13-6-12(8-21-13)20-7-11-2-1-3-14-15(11)9-23(19(14)27)16-4-5-17(25)22-18(16)26/h1-3,12-13,16,20-21,24H,4-10H2,(H,22,25,26)/t12-,13-,16?/m1/s1. The van der Waals surface area contributed by atoms with Crippen LogP contribution in [-0.2, 0) is 22.7 Å². The van der Waals surface area contributed by atoms with Crippen LogP contribution in [0.5, 0.6) is 0 Å². The minimum atomic E-state index is -0.590. The van der Waals surface area contributed by atoms with Crippen molar-refractivity contribution in [2.75, 3.05) is 13.2 Å². The molecule has 1 unspecified atom stereocenters.